The summed E-state index contributed by atoms with van der Waals surface area (Å²) in [5, 5.41) is 2.75. The van der Waals surface area contributed by atoms with Crippen LogP contribution in [-0.2, 0) is 19.1 Å². The van der Waals surface area contributed by atoms with Crippen molar-refractivity contribution in [2.45, 2.75) is 58.5 Å². The Kier molecular flexibility index (Phi) is 8.89. The molecule has 4 rings (SSSR count). The van der Waals surface area contributed by atoms with Crippen LogP contribution in [0.2, 0.25) is 0 Å². The molecule has 0 saturated carbocycles. The number of benzene rings is 3. The second-order valence-corrected chi connectivity index (χ2v) is 9.95. The molecule has 1 N–H and O–H groups in total. The van der Waals surface area contributed by atoms with E-state index in [9.17, 15) is 19.2 Å². The number of hydrogen-bond acceptors (Lipinski definition) is 7. The quantitative estimate of drug-likeness (QED) is 0.346. The molecule has 9 nitrogen and oxygen atoms in total. The zero-order valence-electron chi connectivity index (χ0n) is 23.4. The number of alkyl halides is 2. The maximum atomic E-state index is 15.5. The van der Waals surface area contributed by atoms with Gasteiger partial charge in [0, 0.05) is 30.7 Å². The van der Waals surface area contributed by atoms with Gasteiger partial charge < -0.3 is 19.5 Å². The molecule has 0 aliphatic carbocycles. The molecular weight excluding hydrogens is 550 g/mol. The second-order valence-electron chi connectivity index (χ2n) is 9.95. The molecule has 1 aliphatic rings. The third-order valence-electron chi connectivity index (χ3n) is 6.29. The molecule has 0 fully saturated rings. The number of carbonyl (C=O) groups excluding carboxylic acids is 4. The number of ether oxygens (including phenoxy) is 3. The van der Waals surface area contributed by atoms with Gasteiger partial charge in [0.25, 0.3) is 17.7 Å². The summed E-state index contributed by atoms with van der Waals surface area (Å²) in [5.74, 6) is -6.26. The lowest BCUT2D eigenvalue weighted by atomic mass is 10.0. The minimum absolute atomic E-state index is 0.00341. The molecule has 42 heavy (non-hydrogen) atoms. The van der Waals surface area contributed by atoms with Crippen LogP contribution >= 0.6 is 0 Å². The minimum Gasteiger partial charge on any atom is -0.490 e. The van der Waals surface area contributed by atoms with Crippen molar-refractivity contribution in [1.29, 1.82) is 0 Å². The van der Waals surface area contributed by atoms with E-state index >= 15 is 8.78 Å². The average Bonchev–Trinajstić information content (AvgIpc) is 3.00. The highest BCUT2D eigenvalue weighted by atomic mass is 19.3. The van der Waals surface area contributed by atoms with Crippen LogP contribution < -0.4 is 15.0 Å². The van der Waals surface area contributed by atoms with E-state index in [1.54, 1.807) is 24.3 Å². The maximum absolute atomic E-state index is 15.5. The molecule has 0 aromatic heterocycles. The fraction of sp³-hybridized carbons (Fsp3) is 0.290. The number of fused-ring (bicyclic) bond motifs is 1. The van der Waals surface area contributed by atoms with E-state index in [-0.39, 0.29) is 22.9 Å². The first-order valence-electron chi connectivity index (χ1n) is 13.2. The van der Waals surface area contributed by atoms with Gasteiger partial charge in [0.05, 0.1) is 23.8 Å². The Morgan fingerprint density at radius 2 is 1.50 bits per heavy atom. The van der Waals surface area contributed by atoms with E-state index in [1.165, 1.54) is 48.5 Å². The normalized spacial score (nSPS) is 17.5. The molecule has 2 atom stereocenters. The Morgan fingerprint density at radius 1 is 0.881 bits per heavy atom. The number of amides is 2. The maximum Gasteiger partial charge on any atom is 0.304 e. The van der Waals surface area contributed by atoms with Crippen LogP contribution in [0.1, 0.15) is 66.5 Å². The monoisotopic (exact) mass is 580 g/mol. The number of carbonyl (C=O) groups is 4. The average molecular weight is 581 g/mol. The fourth-order valence-corrected chi connectivity index (χ4v) is 4.63. The third kappa shape index (κ3) is 6.73. The molecule has 3 aromatic carbocycles. The van der Waals surface area contributed by atoms with Crippen molar-refractivity contribution in [1.82, 2.24) is 0 Å². The van der Waals surface area contributed by atoms with Crippen molar-refractivity contribution in [2.24, 2.45) is 0 Å². The van der Waals surface area contributed by atoms with Gasteiger partial charge in [-0.15, -0.1) is 0 Å². The molecule has 0 spiro atoms. The van der Waals surface area contributed by atoms with Crippen LogP contribution in [-0.4, -0.2) is 42.0 Å². The van der Waals surface area contributed by atoms with E-state index in [1.807, 2.05) is 13.8 Å². The molecule has 0 saturated heterocycles. The van der Waals surface area contributed by atoms with Crippen molar-refractivity contribution in [3.8, 4) is 5.75 Å². The molecule has 2 amide bonds. The minimum atomic E-state index is -3.68. The number of para-hydroxylation sites is 2. The molecule has 2 unspecified atom stereocenters. The van der Waals surface area contributed by atoms with Crippen LogP contribution in [0.5, 0.6) is 5.75 Å². The lowest BCUT2D eigenvalue weighted by Crippen LogP contribution is -2.45. The number of esters is 2. The summed E-state index contributed by atoms with van der Waals surface area (Å²) in [7, 11) is 0. The fourth-order valence-electron chi connectivity index (χ4n) is 4.63. The predicted octanol–water partition coefficient (Wildman–Crippen LogP) is 5.91. The lowest BCUT2D eigenvalue weighted by Gasteiger charge is -2.31. The van der Waals surface area contributed by atoms with Crippen molar-refractivity contribution >= 4 is 35.1 Å². The Balaban J connectivity index is 1.66. The summed E-state index contributed by atoms with van der Waals surface area (Å²) in [6, 6.07) is 18.3. The Morgan fingerprint density at radius 3 is 2.14 bits per heavy atom. The molecule has 3 aromatic rings. The second kappa shape index (κ2) is 12.4. The lowest BCUT2D eigenvalue weighted by molar-refractivity contribution is -0.181. The van der Waals surface area contributed by atoms with Gasteiger partial charge in [-0.3, -0.25) is 24.1 Å². The summed E-state index contributed by atoms with van der Waals surface area (Å²) < 4.78 is 46.9. The van der Waals surface area contributed by atoms with Gasteiger partial charge in [-0.05, 0) is 56.3 Å². The Bertz CT molecular complexity index is 1490. The van der Waals surface area contributed by atoms with Crippen LogP contribution in [0.25, 0.3) is 0 Å². The van der Waals surface area contributed by atoms with Gasteiger partial charge in [-0.25, -0.2) is 8.78 Å². The van der Waals surface area contributed by atoms with E-state index in [0.29, 0.717) is 17.0 Å². The molecule has 1 heterocycles. The van der Waals surface area contributed by atoms with E-state index < -0.39 is 48.4 Å². The largest absolute Gasteiger partial charge is 0.490 e. The van der Waals surface area contributed by atoms with E-state index in [0.717, 1.165) is 18.7 Å². The van der Waals surface area contributed by atoms with Crippen LogP contribution in [0.15, 0.2) is 72.8 Å². The number of nitrogens with zero attached hydrogens (tertiary/aromatic N) is 1. The summed E-state index contributed by atoms with van der Waals surface area (Å²) in [4.78, 5) is 51.4. The van der Waals surface area contributed by atoms with E-state index in [4.69, 9.17) is 14.2 Å². The summed E-state index contributed by atoms with van der Waals surface area (Å²) >= 11 is 0. The SMILES string of the molecule is CC(=O)OC1CC(F)(F)C(OC(C)=O)c2ccccc2N1C(=O)c1ccc(NC(=O)c2ccccc2OC(C)C)cc1. The number of nitrogens with one attached hydrogen (secondary N) is 1. The summed E-state index contributed by atoms with van der Waals surface area (Å²) in [5.41, 5.74) is 0.631. The molecule has 11 heteroatoms. The first-order valence-corrected chi connectivity index (χ1v) is 13.2. The number of halogens is 2. The van der Waals surface area contributed by atoms with Crippen LogP contribution in [0, 0.1) is 0 Å². The molecule has 1 aliphatic heterocycles. The van der Waals surface area contributed by atoms with Crippen LogP contribution in [0.3, 0.4) is 0 Å². The number of anilines is 2. The van der Waals surface area contributed by atoms with Gasteiger partial charge in [-0.1, -0.05) is 30.3 Å². The molecule has 220 valence electrons. The van der Waals surface area contributed by atoms with Crippen LogP contribution in [0.4, 0.5) is 20.2 Å². The first kappa shape index (κ1) is 30.2. The molecule has 0 radical (unpaired) electrons. The molecular formula is C31H30F2N2O7. The number of rotatable bonds is 7. The summed E-state index contributed by atoms with van der Waals surface area (Å²) in [6.45, 7) is 5.74. The third-order valence-corrected chi connectivity index (χ3v) is 6.29. The predicted molar refractivity (Wildman–Crippen MR) is 149 cm³/mol. The van der Waals surface area contributed by atoms with Gasteiger partial charge in [0.15, 0.2) is 12.3 Å². The highest BCUT2D eigenvalue weighted by molar-refractivity contribution is 6.08. The standard InChI is InChI=1S/C31H30F2N2O7/c1-18(2)40-26-12-8-6-10-24(26)29(38)34-22-15-13-21(14-16-22)30(39)35-25-11-7-5-9-23(25)28(42-20(4)37)31(32,33)17-27(35)41-19(3)36/h5-16,18,27-28H,17H2,1-4H3,(H,34,38). The highest BCUT2D eigenvalue weighted by Crippen LogP contribution is 2.47. The smallest absolute Gasteiger partial charge is 0.304 e. The van der Waals surface area contributed by atoms with Crippen molar-refractivity contribution in [3.05, 3.63) is 89.5 Å². The van der Waals surface area contributed by atoms with Gasteiger partial charge in [-0.2, -0.15) is 0 Å². The van der Waals surface area contributed by atoms with Gasteiger partial charge in [0.1, 0.15) is 5.75 Å². The Hall–Kier alpha value is -4.80. The van der Waals surface area contributed by atoms with Gasteiger partial charge in [0.2, 0.25) is 0 Å². The van der Waals surface area contributed by atoms with E-state index in [2.05, 4.69) is 5.32 Å². The molecule has 0 bridgehead atoms. The highest BCUT2D eigenvalue weighted by Gasteiger charge is 2.52. The zero-order chi connectivity index (χ0) is 30.6. The Labute approximate surface area is 241 Å². The number of hydrogen-bond donors (Lipinski definition) is 1. The van der Waals surface area contributed by atoms with Gasteiger partial charge >= 0.3 is 11.9 Å². The van der Waals surface area contributed by atoms with Crippen molar-refractivity contribution in [3.63, 3.8) is 0 Å². The zero-order valence-corrected chi connectivity index (χ0v) is 23.4. The van der Waals surface area contributed by atoms with Crippen molar-refractivity contribution < 1.29 is 42.2 Å². The first-order chi connectivity index (χ1) is 19.9. The summed E-state index contributed by atoms with van der Waals surface area (Å²) in [6.07, 6.45) is -4.98. The topological polar surface area (TPSA) is 111 Å². The van der Waals surface area contributed by atoms with Crippen molar-refractivity contribution in [2.75, 3.05) is 10.2 Å².